The molecule has 0 saturated carbocycles. The minimum atomic E-state index is -0.0750. The van der Waals surface area contributed by atoms with E-state index in [-0.39, 0.29) is 17.7 Å². The second kappa shape index (κ2) is 6.90. The molecule has 1 fully saturated rings. The molecule has 4 nitrogen and oxygen atoms in total. The first-order valence-corrected chi connectivity index (χ1v) is 9.41. The second-order valence-electron chi connectivity index (χ2n) is 6.16. The number of halogens is 2. The van der Waals surface area contributed by atoms with Crippen molar-refractivity contribution in [1.29, 1.82) is 0 Å². The van der Waals surface area contributed by atoms with E-state index < -0.39 is 0 Å². The van der Waals surface area contributed by atoms with Gasteiger partial charge < -0.3 is 9.80 Å². The van der Waals surface area contributed by atoms with Crippen molar-refractivity contribution in [2.24, 2.45) is 5.92 Å². The Labute approximate surface area is 154 Å². The Kier molecular flexibility index (Phi) is 5.04. The highest BCUT2D eigenvalue weighted by Gasteiger charge is 2.28. The van der Waals surface area contributed by atoms with Gasteiger partial charge in [0.25, 0.3) is 5.91 Å². The Morgan fingerprint density at radius 2 is 1.71 bits per heavy atom. The number of fused-ring (bicyclic) bond motifs is 1. The Hall–Kier alpha value is -1.30. The van der Waals surface area contributed by atoms with E-state index in [1.165, 1.54) is 11.3 Å². The van der Waals surface area contributed by atoms with Crippen molar-refractivity contribution in [2.75, 3.05) is 26.2 Å². The van der Waals surface area contributed by atoms with Gasteiger partial charge in [0.2, 0.25) is 5.91 Å². The summed E-state index contributed by atoms with van der Waals surface area (Å²) in [5.74, 6) is 0.0413. The van der Waals surface area contributed by atoms with Gasteiger partial charge in [-0.15, -0.1) is 11.3 Å². The topological polar surface area (TPSA) is 40.6 Å². The number of carbonyl (C=O) groups is 2. The molecule has 0 N–H and O–H groups in total. The molecule has 1 aliphatic rings. The summed E-state index contributed by atoms with van der Waals surface area (Å²) in [4.78, 5) is 29.0. The molecule has 0 atom stereocenters. The lowest BCUT2D eigenvalue weighted by Crippen LogP contribution is -2.51. The van der Waals surface area contributed by atoms with E-state index in [0.29, 0.717) is 41.1 Å². The molecule has 128 valence electrons. The SMILES string of the molecule is CC(C)C(=O)N1CCN(C(=O)c2sc3cc(Cl)ccc3c2Cl)CC1. The van der Waals surface area contributed by atoms with Crippen LogP contribution in [-0.2, 0) is 4.79 Å². The van der Waals surface area contributed by atoms with Crippen molar-refractivity contribution >= 4 is 56.4 Å². The summed E-state index contributed by atoms with van der Waals surface area (Å²) in [6, 6.07) is 5.43. The first-order valence-electron chi connectivity index (χ1n) is 7.84. The van der Waals surface area contributed by atoms with Gasteiger partial charge in [-0.3, -0.25) is 9.59 Å². The van der Waals surface area contributed by atoms with Crippen LogP contribution in [0.3, 0.4) is 0 Å². The highest BCUT2D eigenvalue weighted by Crippen LogP contribution is 2.37. The molecule has 2 aromatic rings. The van der Waals surface area contributed by atoms with Gasteiger partial charge in [-0.1, -0.05) is 43.1 Å². The summed E-state index contributed by atoms with van der Waals surface area (Å²) in [5, 5.41) is 1.96. The smallest absolute Gasteiger partial charge is 0.265 e. The number of nitrogens with zero attached hydrogens (tertiary/aromatic N) is 2. The van der Waals surface area contributed by atoms with Crippen LogP contribution in [-0.4, -0.2) is 47.8 Å². The number of hydrogen-bond acceptors (Lipinski definition) is 3. The maximum atomic E-state index is 12.8. The number of piperazine rings is 1. The quantitative estimate of drug-likeness (QED) is 0.779. The summed E-state index contributed by atoms with van der Waals surface area (Å²) in [6.07, 6.45) is 0. The zero-order valence-electron chi connectivity index (χ0n) is 13.5. The van der Waals surface area contributed by atoms with Gasteiger partial charge in [0.05, 0.1) is 5.02 Å². The molecule has 2 amide bonds. The maximum absolute atomic E-state index is 12.8. The predicted molar refractivity (Wildman–Crippen MR) is 99.2 cm³/mol. The van der Waals surface area contributed by atoms with Crippen LogP contribution in [0.1, 0.15) is 23.5 Å². The van der Waals surface area contributed by atoms with E-state index in [1.807, 2.05) is 30.9 Å². The minimum absolute atomic E-state index is 0.0194. The van der Waals surface area contributed by atoms with Gasteiger partial charge in [-0.05, 0) is 12.1 Å². The number of carbonyl (C=O) groups excluding carboxylic acids is 2. The molecule has 1 aromatic carbocycles. The summed E-state index contributed by atoms with van der Waals surface area (Å²) >= 11 is 13.8. The summed E-state index contributed by atoms with van der Waals surface area (Å²) < 4.78 is 0.907. The molecule has 0 unspecified atom stereocenters. The van der Waals surface area contributed by atoms with E-state index in [9.17, 15) is 9.59 Å². The van der Waals surface area contributed by atoms with E-state index in [4.69, 9.17) is 23.2 Å². The second-order valence-corrected chi connectivity index (χ2v) is 8.02. The van der Waals surface area contributed by atoms with Gasteiger partial charge in [-0.2, -0.15) is 0 Å². The fraction of sp³-hybridized carbons (Fsp3) is 0.412. The van der Waals surface area contributed by atoms with Crippen LogP contribution in [0.2, 0.25) is 10.0 Å². The molecule has 0 spiro atoms. The highest BCUT2D eigenvalue weighted by atomic mass is 35.5. The lowest BCUT2D eigenvalue weighted by molar-refractivity contribution is -0.135. The highest BCUT2D eigenvalue weighted by molar-refractivity contribution is 7.21. The van der Waals surface area contributed by atoms with Gasteiger partial charge >= 0.3 is 0 Å². The lowest BCUT2D eigenvalue weighted by Gasteiger charge is -2.35. The average molecular weight is 385 g/mol. The molecule has 7 heteroatoms. The third-order valence-corrected chi connectivity index (χ3v) is 6.04. The molecule has 3 rings (SSSR count). The Morgan fingerprint density at radius 1 is 1.08 bits per heavy atom. The summed E-state index contributed by atoms with van der Waals surface area (Å²) in [7, 11) is 0. The summed E-state index contributed by atoms with van der Waals surface area (Å²) in [5.41, 5.74) is 0. The molecule has 1 saturated heterocycles. The van der Waals surface area contributed by atoms with E-state index in [1.54, 1.807) is 11.0 Å². The molecule has 0 radical (unpaired) electrons. The van der Waals surface area contributed by atoms with Crippen LogP contribution in [0, 0.1) is 5.92 Å². The fourth-order valence-corrected chi connectivity index (χ4v) is 4.57. The Balaban J connectivity index is 1.76. The predicted octanol–water partition coefficient (Wildman–Crippen LogP) is 4.15. The molecule has 1 aromatic heterocycles. The first-order chi connectivity index (χ1) is 11.4. The molecule has 1 aliphatic heterocycles. The molecular formula is C17H18Cl2N2O2S. The van der Waals surface area contributed by atoms with Crippen molar-refractivity contribution in [3.8, 4) is 0 Å². The minimum Gasteiger partial charge on any atom is -0.339 e. The number of thiophene rings is 1. The van der Waals surface area contributed by atoms with Crippen molar-refractivity contribution < 1.29 is 9.59 Å². The zero-order chi connectivity index (χ0) is 17.4. The molecule has 0 aliphatic carbocycles. The zero-order valence-corrected chi connectivity index (χ0v) is 15.8. The van der Waals surface area contributed by atoms with Crippen LogP contribution >= 0.6 is 34.5 Å². The standard InChI is InChI=1S/C17H18Cl2N2O2S/c1-10(2)16(22)20-5-7-21(8-6-20)17(23)15-14(19)12-4-3-11(18)9-13(12)24-15/h3-4,9-10H,5-8H2,1-2H3. The maximum Gasteiger partial charge on any atom is 0.265 e. The van der Waals surface area contributed by atoms with Gasteiger partial charge in [-0.25, -0.2) is 0 Å². The molecular weight excluding hydrogens is 367 g/mol. The van der Waals surface area contributed by atoms with Crippen LogP contribution in [0.4, 0.5) is 0 Å². The van der Waals surface area contributed by atoms with Crippen LogP contribution < -0.4 is 0 Å². The monoisotopic (exact) mass is 384 g/mol. The van der Waals surface area contributed by atoms with Crippen molar-refractivity contribution in [3.05, 3.63) is 33.1 Å². The Bertz CT molecular complexity index is 795. The number of benzene rings is 1. The van der Waals surface area contributed by atoms with E-state index in [0.717, 1.165) is 10.1 Å². The van der Waals surface area contributed by atoms with Crippen LogP contribution in [0.5, 0.6) is 0 Å². The van der Waals surface area contributed by atoms with Gasteiger partial charge in [0, 0.05) is 47.2 Å². The third kappa shape index (κ3) is 3.25. The molecule has 2 heterocycles. The average Bonchev–Trinajstić information content (AvgIpc) is 2.89. The van der Waals surface area contributed by atoms with Crippen molar-refractivity contribution in [3.63, 3.8) is 0 Å². The first kappa shape index (κ1) is 17.5. The largest absolute Gasteiger partial charge is 0.339 e. The number of hydrogen-bond donors (Lipinski definition) is 0. The number of amides is 2. The molecule has 0 bridgehead atoms. The van der Waals surface area contributed by atoms with Crippen LogP contribution in [0.15, 0.2) is 18.2 Å². The lowest BCUT2D eigenvalue weighted by atomic mass is 10.1. The van der Waals surface area contributed by atoms with E-state index in [2.05, 4.69) is 0 Å². The van der Waals surface area contributed by atoms with Gasteiger partial charge in [0.15, 0.2) is 0 Å². The van der Waals surface area contributed by atoms with Crippen LogP contribution in [0.25, 0.3) is 10.1 Å². The molecule has 24 heavy (non-hydrogen) atoms. The fourth-order valence-electron chi connectivity index (χ4n) is 2.82. The van der Waals surface area contributed by atoms with Crippen molar-refractivity contribution in [2.45, 2.75) is 13.8 Å². The summed E-state index contributed by atoms with van der Waals surface area (Å²) in [6.45, 7) is 5.98. The normalized spacial score (nSPS) is 15.4. The van der Waals surface area contributed by atoms with Crippen molar-refractivity contribution in [1.82, 2.24) is 9.80 Å². The number of rotatable bonds is 2. The third-order valence-electron chi connectivity index (χ3n) is 4.16. The Morgan fingerprint density at radius 3 is 2.33 bits per heavy atom. The van der Waals surface area contributed by atoms with E-state index >= 15 is 0 Å². The van der Waals surface area contributed by atoms with Gasteiger partial charge in [0.1, 0.15) is 4.88 Å².